The molecule has 3 heteroatoms. The number of fused-ring (bicyclic) bond motifs is 5. The van der Waals surface area contributed by atoms with E-state index in [2.05, 4.69) is 30.4 Å². The van der Waals surface area contributed by atoms with Crippen molar-refractivity contribution in [2.75, 3.05) is 20.2 Å². The van der Waals surface area contributed by atoms with Crippen LogP contribution in [-0.2, 0) is 6.42 Å². The van der Waals surface area contributed by atoms with Crippen LogP contribution in [0.15, 0.2) is 18.2 Å². The van der Waals surface area contributed by atoms with Gasteiger partial charge in [0, 0.05) is 6.04 Å². The summed E-state index contributed by atoms with van der Waals surface area (Å²) < 4.78 is 5.47. The van der Waals surface area contributed by atoms with Gasteiger partial charge in [-0.2, -0.15) is 0 Å². The van der Waals surface area contributed by atoms with Crippen LogP contribution in [0.2, 0.25) is 0 Å². The van der Waals surface area contributed by atoms with E-state index in [4.69, 9.17) is 10.5 Å². The molecule has 1 aromatic carbocycles. The van der Waals surface area contributed by atoms with Gasteiger partial charge in [0.05, 0.1) is 7.11 Å². The Morgan fingerprint density at radius 3 is 2.79 bits per heavy atom. The Hall–Kier alpha value is -1.06. The van der Waals surface area contributed by atoms with Gasteiger partial charge in [0.2, 0.25) is 0 Å². The molecule has 1 unspecified atom stereocenters. The zero-order chi connectivity index (χ0) is 19.6. The van der Waals surface area contributed by atoms with Gasteiger partial charge in [0.25, 0.3) is 0 Å². The first-order chi connectivity index (χ1) is 13.7. The monoisotopic (exact) mass is 384 g/mol. The first-order valence-corrected chi connectivity index (χ1v) is 11.8. The molecule has 3 N–H and O–H groups in total. The van der Waals surface area contributed by atoms with Crippen LogP contribution < -0.4 is 15.8 Å². The molecule has 3 aliphatic rings. The topological polar surface area (TPSA) is 47.3 Å². The van der Waals surface area contributed by atoms with E-state index in [1.807, 2.05) is 0 Å². The molecule has 156 valence electrons. The standard InChI is InChI=1S/C25H40N2O/c1-25-14-13-21-20-10-8-19(28-2)17-18(20)7-9-22(21)23(25)11-12-24(25)27-16-6-4-3-5-15-26/h8,10,17,21-24,27H,3-7,9,11-16,26H2,1-2H3/t21-,22-,23+,24?,25+/m1/s1. The third kappa shape index (κ3) is 3.73. The van der Waals surface area contributed by atoms with Gasteiger partial charge in [-0.05, 0) is 111 Å². The van der Waals surface area contributed by atoms with E-state index in [9.17, 15) is 0 Å². The molecule has 0 radical (unpaired) electrons. The van der Waals surface area contributed by atoms with Crippen molar-refractivity contribution in [1.82, 2.24) is 5.32 Å². The minimum Gasteiger partial charge on any atom is -0.497 e. The second-order valence-electron chi connectivity index (χ2n) is 9.81. The quantitative estimate of drug-likeness (QED) is 0.618. The van der Waals surface area contributed by atoms with Gasteiger partial charge in [-0.3, -0.25) is 0 Å². The van der Waals surface area contributed by atoms with E-state index in [0.29, 0.717) is 5.41 Å². The fourth-order valence-corrected chi connectivity index (χ4v) is 6.92. The lowest BCUT2D eigenvalue weighted by Gasteiger charge is -2.51. The van der Waals surface area contributed by atoms with Gasteiger partial charge < -0.3 is 15.8 Å². The molecule has 2 saturated carbocycles. The van der Waals surface area contributed by atoms with Gasteiger partial charge >= 0.3 is 0 Å². The van der Waals surface area contributed by atoms with Gasteiger partial charge in [-0.25, -0.2) is 0 Å². The predicted octanol–water partition coefficient (Wildman–Crippen LogP) is 5.03. The van der Waals surface area contributed by atoms with Gasteiger partial charge in [0.1, 0.15) is 5.75 Å². The third-order valence-electron chi connectivity index (χ3n) is 8.46. The summed E-state index contributed by atoms with van der Waals surface area (Å²) in [5.74, 6) is 3.59. The lowest BCUT2D eigenvalue weighted by atomic mass is 9.55. The molecular formula is C25H40N2O. The molecule has 5 atom stereocenters. The fraction of sp³-hybridized carbons (Fsp3) is 0.760. The van der Waals surface area contributed by atoms with E-state index in [0.717, 1.165) is 36.1 Å². The zero-order valence-electron chi connectivity index (χ0n) is 18.0. The first kappa shape index (κ1) is 20.2. The highest BCUT2D eigenvalue weighted by Crippen LogP contribution is 2.60. The molecule has 0 aromatic heterocycles. The molecule has 0 spiro atoms. The number of hydrogen-bond acceptors (Lipinski definition) is 3. The number of nitrogens with two attached hydrogens (primary N) is 1. The van der Waals surface area contributed by atoms with Crippen LogP contribution in [0.3, 0.4) is 0 Å². The molecule has 3 nitrogen and oxygen atoms in total. The van der Waals surface area contributed by atoms with Crippen molar-refractivity contribution in [3.63, 3.8) is 0 Å². The number of ether oxygens (including phenoxy) is 1. The van der Waals surface area contributed by atoms with Gasteiger partial charge in [-0.1, -0.05) is 25.8 Å². The average molecular weight is 385 g/mol. The molecule has 0 heterocycles. The maximum Gasteiger partial charge on any atom is 0.119 e. The highest BCUT2D eigenvalue weighted by atomic mass is 16.5. The van der Waals surface area contributed by atoms with Crippen LogP contribution >= 0.6 is 0 Å². The Balaban J connectivity index is 1.39. The summed E-state index contributed by atoms with van der Waals surface area (Å²) >= 11 is 0. The van der Waals surface area contributed by atoms with Gasteiger partial charge in [-0.15, -0.1) is 0 Å². The summed E-state index contributed by atoms with van der Waals surface area (Å²) in [7, 11) is 1.78. The summed E-state index contributed by atoms with van der Waals surface area (Å²) in [6.45, 7) is 4.64. The summed E-state index contributed by atoms with van der Waals surface area (Å²) in [6.07, 6.45) is 13.3. The Morgan fingerprint density at radius 2 is 1.96 bits per heavy atom. The molecule has 28 heavy (non-hydrogen) atoms. The minimum absolute atomic E-state index is 0.502. The predicted molar refractivity (Wildman–Crippen MR) is 117 cm³/mol. The van der Waals surface area contributed by atoms with E-state index in [1.54, 1.807) is 18.2 Å². The number of benzene rings is 1. The maximum absolute atomic E-state index is 5.61. The number of methoxy groups -OCH3 is 1. The molecule has 4 rings (SSSR count). The summed E-state index contributed by atoms with van der Waals surface area (Å²) in [4.78, 5) is 0. The molecule has 1 aromatic rings. The van der Waals surface area contributed by atoms with E-state index < -0.39 is 0 Å². The molecule has 2 fully saturated rings. The number of aryl methyl sites for hydroxylation is 1. The zero-order valence-corrected chi connectivity index (χ0v) is 18.0. The summed E-state index contributed by atoms with van der Waals surface area (Å²) in [5.41, 5.74) is 9.30. The SMILES string of the molecule is COc1ccc2c(c1)CC[C@@H]1[C@@H]2CC[C@]2(C)C(NCCCCCCN)CC[C@@H]12. The maximum atomic E-state index is 5.61. The van der Waals surface area contributed by atoms with Crippen LogP contribution in [0.25, 0.3) is 0 Å². The Morgan fingerprint density at radius 1 is 1.11 bits per heavy atom. The van der Waals surface area contributed by atoms with E-state index in [-0.39, 0.29) is 0 Å². The Kier molecular flexibility index (Phi) is 6.32. The second kappa shape index (κ2) is 8.75. The number of unbranched alkanes of at least 4 members (excludes halogenated alkanes) is 3. The van der Waals surface area contributed by atoms with Crippen LogP contribution in [0, 0.1) is 17.3 Å². The van der Waals surface area contributed by atoms with Crippen molar-refractivity contribution < 1.29 is 4.74 Å². The van der Waals surface area contributed by atoms with Crippen LogP contribution in [-0.4, -0.2) is 26.2 Å². The smallest absolute Gasteiger partial charge is 0.119 e. The minimum atomic E-state index is 0.502. The molecule has 3 aliphatic carbocycles. The molecule has 0 bridgehead atoms. The average Bonchev–Trinajstić information content (AvgIpc) is 3.06. The van der Waals surface area contributed by atoms with Crippen LogP contribution in [0.5, 0.6) is 5.75 Å². The van der Waals surface area contributed by atoms with Crippen molar-refractivity contribution in [2.45, 2.75) is 83.1 Å². The summed E-state index contributed by atoms with van der Waals surface area (Å²) in [5, 5.41) is 3.98. The van der Waals surface area contributed by atoms with Crippen molar-refractivity contribution >= 4 is 0 Å². The van der Waals surface area contributed by atoms with Gasteiger partial charge in [0.15, 0.2) is 0 Å². The largest absolute Gasteiger partial charge is 0.497 e. The molecule has 0 amide bonds. The van der Waals surface area contributed by atoms with Crippen LogP contribution in [0.1, 0.15) is 81.8 Å². The van der Waals surface area contributed by atoms with Crippen molar-refractivity contribution in [1.29, 1.82) is 0 Å². The van der Waals surface area contributed by atoms with Crippen LogP contribution in [0.4, 0.5) is 0 Å². The first-order valence-electron chi connectivity index (χ1n) is 11.8. The molecule has 0 saturated heterocycles. The Labute approximate surface area is 171 Å². The highest BCUT2D eigenvalue weighted by Gasteiger charge is 2.54. The van der Waals surface area contributed by atoms with Crippen molar-refractivity contribution in [3.8, 4) is 5.75 Å². The second-order valence-corrected chi connectivity index (χ2v) is 9.81. The lowest BCUT2D eigenvalue weighted by Crippen LogP contribution is -2.48. The highest BCUT2D eigenvalue weighted by molar-refractivity contribution is 5.40. The van der Waals surface area contributed by atoms with E-state index in [1.165, 1.54) is 70.8 Å². The van der Waals surface area contributed by atoms with E-state index >= 15 is 0 Å². The Bertz CT molecular complexity index is 660. The number of rotatable bonds is 8. The molecular weight excluding hydrogens is 344 g/mol. The number of nitrogens with one attached hydrogen (secondary N) is 1. The summed E-state index contributed by atoms with van der Waals surface area (Å²) in [6, 6.07) is 7.58. The lowest BCUT2D eigenvalue weighted by molar-refractivity contribution is 0.0412. The fourth-order valence-electron chi connectivity index (χ4n) is 6.92. The third-order valence-corrected chi connectivity index (χ3v) is 8.46. The normalized spacial score (nSPS) is 33.8. The van der Waals surface area contributed by atoms with Crippen molar-refractivity contribution in [3.05, 3.63) is 29.3 Å². The van der Waals surface area contributed by atoms with Crippen molar-refractivity contribution in [2.24, 2.45) is 23.0 Å². The molecule has 0 aliphatic heterocycles. The number of hydrogen-bond donors (Lipinski definition) is 2.